The van der Waals surface area contributed by atoms with Gasteiger partial charge >= 0.3 is 5.76 Å². The fraction of sp³-hybridized carbons (Fsp3) is 0.0667. The molecular formula is C15H9ClN2O3S. The molecule has 0 radical (unpaired) electrons. The van der Waals surface area contributed by atoms with Crippen molar-refractivity contribution in [1.29, 1.82) is 0 Å². The van der Waals surface area contributed by atoms with Crippen molar-refractivity contribution in [3.05, 3.63) is 63.1 Å². The minimum absolute atomic E-state index is 0.159. The average molecular weight is 333 g/mol. The molecule has 5 nitrogen and oxygen atoms in total. The largest absolute Gasteiger partial charge is 0.459 e. The van der Waals surface area contributed by atoms with E-state index in [1.54, 1.807) is 12.1 Å². The first-order valence-electron chi connectivity index (χ1n) is 6.50. The van der Waals surface area contributed by atoms with Gasteiger partial charge in [0, 0.05) is 15.0 Å². The van der Waals surface area contributed by atoms with Gasteiger partial charge < -0.3 is 8.83 Å². The lowest BCUT2D eigenvalue weighted by Gasteiger charge is -1.96. The number of furan rings is 1. The molecule has 7 heteroatoms. The second-order valence-corrected chi connectivity index (χ2v) is 6.16. The normalized spacial score (nSPS) is 11.3. The van der Waals surface area contributed by atoms with Gasteiger partial charge in [0.15, 0.2) is 5.76 Å². The molecule has 0 unspecified atom stereocenters. The van der Waals surface area contributed by atoms with E-state index in [1.165, 1.54) is 22.3 Å². The number of halogens is 1. The minimum Gasteiger partial charge on any atom is -0.459 e. The zero-order chi connectivity index (χ0) is 15.1. The zero-order valence-corrected chi connectivity index (χ0v) is 12.7. The van der Waals surface area contributed by atoms with Crippen LogP contribution in [0.5, 0.6) is 0 Å². The second kappa shape index (κ2) is 5.15. The summed E-state index contributed by atoms with van der Waals surface area (Å²) < 4.78 is 12.6. The highest BCUT2D eigenvalue weighted by atomic mass is 35.5. The first kappa shape index (κ1) is 13.4. The van der Waals surface area contributed by atoms with Crippen molar-refractivity contribution in [3.8, 4) is 11.7 Å². The summed E-state index contributed by atoms with van der Waals surface area (Å²) in [6.45, 7) is 0.265. The Kier molecular flexibility index (Phi) is 3.13. The Morgan fingerprint density at radius 1 is 1.23 bits per heavy atom. The maximum atomic E-state index is 11.9. The smallest absolute Gasteiger partial charge is 0.437 e. The van der Waals surface area contributed by atoms with E-state index in [0.717, 1.165) is 15.0 Å². The summed E-state index contributed by atoms with van der Waals surface area (Å²) in [4.78, 5) is 12.8. The van der Waals surface area contributed by atoms with E-state index in [0.29, 0.717) is 10.8 Å². The zero-order valence-electron chi connectivity index (χ0n) is 11.2. The van der Waals surface area contributed by atoms with E-state index in [2.05, 4.69) is 5.10 Å². The topological polar surface area (TPSA) is 61.2 Å². The molecule has 0 atom stereocenters. The third kappa shape index (κ3) is 2.17. The Morgan fingerprint density at radius 3 is 2.86 bits per heavy atom. The van der Waals surface area contributed by atoms with E-state index in [9.17, 15) is 4.79 Å². The Bertz CT molecular complexity index is 998. The van der Waals surface area contributed by atoms with E-state index < -0.39 is 5.76 Å². The van der Waals surface area contributed by atoms with Gasteiger partial charge in [-0.25, -0.2) is 4.79 Å². The summed E-state index contributed by atoms with van der Waals surface area (Å²) in [7, 11) is 0. The number of thiophene rings is 1. The van der Waals surface area contributed by atoms with Crippen molar-refractivity contribution in [2.45, 2.75) is 6.54 Å². The van der Waals surface area contributed by atoms with Crippen LogP contribution in [0.3, 0.4) is 0 Å². The first-order chi connectivity index (χ1) is 10.7. The number of aromatic nitrogens is 2. The summed E-state index contributed by atoms with van der Waals surface area (Å²) in [6, 6.07) is 11.2. The highest BCUT2D eigenvalue weighted by Crippen LogP contribution is 2.35. The Balaban J connectivity index is 1.74. The number of hydrogen-bond donors (Lipinski definition) is 0. The van der Waals surface area contributed by atoms with E-state index in [4.69, 9.17) is 20.4 Å². The van der Waals surface area contributed by atoms with Crippen LogP contribution < -0.4 is 5.76 Å². The van der Waals surface area contributed by atoms with Crippen LogP contribution in [0.2, 0.25) is 5.02 Å². The predicted molar refractivity (Wildman–Crippen MR) is 84.4 cm³/mol. The van der Waals surface area contributed by atoms with Crippen LogP contribution in [0.1, 0.15) is 4.88 Å². The van der Waals surface area contributed by atoms with E-state index in [1.807, 2.05) is 24.3 Å². The van der Waals surface area contributed by atoms with Crippen LogP contribution in [-0.4, -0.2) is 9.78 Å². The molecule has 0 fully saturated rings. The first-order valence-corrected chi connectivity index (χ1v) is 7.69. The molecule has 4 rings (SSSR count). The number of rotatable bonds is 3. The van der Waals surface area contributed by atoms with Crippen LogP contribution in [0, 0.1) is 0 Å². The molecule has 0 aliphatic rings. The van der Waals surface area contributed by atoms with Crippen molar-refractivity contribution in [2.24, 2.45) is 0 Å². The molecule has 1 aromatic carbocycles. The van der Waals surface area contributed by atoms with Gasteiger partial charge in [0.05, 0.1) is 17.8 Å². The number of fused-ring (bicyclic) bond motifs is 1. The number of hydrogen-bond acceptors (Lipinski definition) is 5. The summed E-state index contributed by atoms with van der Waals surface area (Å²) in [5.41, 5.74) is 0. The summed E-state index contributed by atoms with van der Waals surface area (Å²) in [6.07, 6.45) is 1.50. The van der Waals surface area contributed by atoms with Crippen LogP contribution in [0.25, 0.3) is 21.7 Å². The molecule has 0 N–H and O–H groups in total. The Labute approximate surface area is 133 Å². The molecule has 0 saturated carbocycles. The molecule has 0 saturated heterocycles. The molecule has 22 heavy (non-hydrogen) atoms. The molecule has 0 aliphatic heterocycles. The maximum Gasteiger partial charge on any atom is 0.437 e. The van der Waals surface area contributed by atoms with Crippen molar-refractivity contribution >= 4 is 33.0 Å². The van der Waals surface area contributed by atoms with Gasteiger partial charge in [-0.05, 0) is 18.2 Å². The van der Waals surface area contributed by atoms with Crippen molar-refractivity contribution in [3.63, 3.8) is 0 Å². The molecule has 0 spiro atoms. The van der Waals surface area contributed by atoms with Crippen molar-refractivity contribution < 1.29 is 8.83 Å². The maximum absolute atomic E-state index is 11.9. The van der Waals surface area contributed by atoms with Crippen LogP contribution >= 0.6 is 22.9 Å². The van der Waals surface area contributed by atoms with Crippen molar-refractivity contribution in [2.75, 3.05) is 0 Å². The lowest BCUT2D eigenvalue weighted by atomic mass is 10.2. The third-order valence-electron chi connectivity index (χ3n) is 3.23. The lowest BCUT2D eigenvalue weighted by molar-refractivity contribution is 0.477. The molecule has 0 aliphatic carbocycles. The molecule has 3 aromatic heterocycles. The summed E-state index contributed by atoms with van der Waals surface area (Å²) in [5.74, 6) is 0.0328. The summed E-state index contributed by atoms with van der Waals surface area (Å²) in [5, 5.41) is 5.78. The molecule has 110 valence electrons. The highest BCUT2D eigenvalue weighted by molar-refractivity contribution is 7.19. The van der Waals surface area contributed by atoms with Gasteiger partial charge in [0.25, 0.3) is 5.89 Å². The van der Waals surface area contributed by atoms with Gasteiger partial charge in [-0.15, -0.1) is 16.4 Å². The SMILES string of the molecule is O=c1oc(-c2ccco2)nn1Cc1sc2ccccc2c1Cl. The molecule has 4 aromatic rings. The minimum atomic E-state index is -0.542. The average Bonchev–Trinajstić information content (AvgIpc) is 3.22. The monoisotopic (exact) mass is 332 g/mol. The fourth-order valence-electron chi connectivity index (χ4n) is 2.21. The third-order valence-corrected chi connectivity index (χ3v) is 4.93. The molecule has 0 bridgehead atoms. The van der Waals surface area contributed by atoms with E-state index >= 15 is 0 Å². The number of nitrogens with zero attached hydrogens (tertiary/aromatic N) is 2. The number of benzene rings is 1. The quantitative estimate of drug-likeness (QED) is 0.568. The van der Waals surface area contributed by atoms with Crippen molar-refractivity contribution in [1.82, 2.24) is 9.78 Å². The molecule has 0 amide bonds. The van der Waals surface area contributed by atoms with Gasteiger partial charge in [0.1, 0.15) is 0 Å². The molecule has 3 heterocycles. The lowest BCUT2D eigenvalue weighted by Crippen LogP contribution is -2.16. The standard InChI is InChI=1S/C15H9ClN2O3S/c16-13-9-4-1-2-6-11(9)22-12(13)8-18-15(19)21-14(17-18)10-5-3-7-20-10/h1-7H,8H2. The van der Waals surface area contributed by atoms with Crippen LogP contribution in [0.4, 0.5) is 0 Å². The Hall–Kier alpha value is -2.31. The highest BCUT2D eigenvalue weighted by Gasteiger charge is 2.16. The Morgan fingerprint density at radius 2 is 2.09 bits per heavy atom. The van der Waals surface area contributed by atoms with Gasteiger partial charge in [0.2, 0.25) is 0 Å². The van der Waals surface area contributed by atoms with Crippen LogP contribution in [-0.2, 0) is 6.54 Å². The van der Waals surface area contributed by atoms with Gasteiger partial charge in [-0.2, -0.15) is 4.68 Å². The van der Waals surface area contributed by atoms with Gasteiger partial charge in [-0.3, -0.25) is 0 Å². The fourth-order valence-corrected chi connectivity index (χ4v) is 3.68. The molecular weight excluding hydrogens is 324 g/mol. The van der Waals surface area contributed by atoms with E-state index in [-0.39, 0.29) is 12.4 Å². The van der Waals surface area contributed by atoms with Crippen LogP contribution in [0.15, 0.2) is 56.3 Å². The predicted octanol–water partition coefficient (Wildman–Crippen LogP) is 4.01. The summed E-state index contributed by atoms with van der Waals surface area (Å²) >= 11 is 7.92. The van der Waals surface area contributed by atoms with Gasteiger partial charge in [-0.1, -0.05) is 29.8 Å². The second-order valence-electron chi connectivity index (χ2n) is 4.64.